The van der Waals surface area contributed by atoms with E-state index < -0.39 is 10.0 Å². The van der Waals surface area contributed by atoms with Crippen LogP contribution in [0.5, 0.6) is 0 Å². The molecule has 1 spiro atoms. The second kappa shape index (κ2) is 5.27. The maximum Gasteiger partial charge on any atom is 0.214 e. The highest BCUT2D eigenvalue weighted by Gasteiger charge is 2.44. The number of nitrogens with zero attached hydrogens (tertiary/aromatic N) is 1. The van der Waals surface area contributed by atoms with Gasteiger partial charge in [0.25, 0.3) is 0 Å². The van der Waals surface area contributed by atoms with Crippen LogP contribution in [0.2, 0.25) is 0 Å². The molecule has 0 amide bonds. The fourth-order valence-electron chi connectivity index (χ4n) is 3.13. The van der Waals surface area contributed by atoms with E-state index in [1.54, 1.807) is 4.31 Å². The van der Waals surface area contributed by atoms with E-state index in [0.717, 1.165) is 45.4 Å². The minimum Gasteiger partial charge on any atom is -0.316 e. The number of hydrogen-bond donors (Lipinski definition) is 1. The van der Waals surface area contributed by atoms with Crippen molar-refractivity contribution in [2.75, 3.05) is 31.9 Å². The lowest BCUT2D eigenvalue weighted by atomic mass is 9.87. The molecule has 1 aliphatic carbocycles. The summed E-state index contributed by atoms with van der Waals surface area (Å²) >= 11 is 0. The van der Waals surface area contributed by atoms with Crippen molar-refractivity contribution in [1.29, 1.82) is 0 Å². The molecule has 1 saturated carbocycles. The summed E-state index contributed by atoms with van der Waals surface area (Å²) in [5.74, 6) is 1.08. The van der Waals surface area contributed by atoms with Crippen LogP contribution < -0.4 is 5.32 Å². The molecule has 106 valence electrons. The SMILES string of the molecule is Cl.O=S(=O)(CCC1CC1)N1CCC2(CCNC2)C1. The minimum absolute atomic E-state index is 0. The summed E-state index contributed by atoms with van der Waals surface area (Å²) in [6, 6.07) is 0. The number of sulfonamides is 1. The molecule has 2 heterocycles. The third-order valence-electron chi connectivity index (χ3n) is 4.61. The molecule has 1 unspecified atom stereocenters. The van der Waals surface area contributed by atoms with Crippen LogP contribution in [0, 0.1) is 11.3 Å². The third-order valence-corrected chi connectivity index (χ3v) is 6.46. The maximum absolute atomic E-state index is 12.2. The first kappa shape index (κ1) is 14.6. The molecular weight excluding hydrogens is 272 g/mol. The Balaban J connectivity index is 0.00000120. The van der Waals surface area contributed by atoms with Crippen LogP contribution in [0.4, 0.5) is 0 Å². The molecule has 0 aromatic carbocycles. The van der Waals surface area contributed by atoms with Crippen LogP contribution in [-0.4, -0.2) is 44.7 Å². The molecule has 6 heteroatoms. The molecule has 3 fully saturated rings. The van der Waals surface area contributed by atoms with Gasteiger partial charge in [-0.25, -0.2) is 12.7 Å². The van der Waals surface area contributed by atoms with Gasteiger partial charge in [0, 0.05) is 19.6 Å². The largest absolute Gasteiger partial charge is 0.316 e. The Kier molecular flexibility index (Phi) is 4.26. The van der Waals surface area contributed by atoms with E-state index in [1.807, 2.05) is 0 Å². The van der Waals surface area contributed by atoms with Crippen LogP contribution >= 0.6 is 12.4 Å². The zero-order chi connectivity index (χ0) is 11.9. The normalized spacial score (nSPS) is 32.9. The minimum atomic E-state index is -2.97. The molecule has 1 atom stereocenters. The van der Waals surface area contributed by atoms with Gasteiger partial charge in [0.1, 0.15) is 0 Å². The second-order valence-corrected chi connectivity index (χ2v) is 8.15. The predicted molar refractivity (Wildman–Crippen MR) is 74.5 cm³/mol. The van der Waals surface area contributed by atoms with Gasteiger partial charge in [-0.3, -0.25) is 0 Å². The molecule has 3 rings (SSSR count). The predicted octanol–water partition coefficient (Wildman–Crippen LogP) is 1.22. The molecule has 0 aromatic rings. The molecule has 18 heavy (non-hydrogen) atoms. The van der Waals surface area contributed by atoms with Crippen LogP contribution in [0.15, 0.2) is 0 Å². The van der Waals surface area contributed by atoms with Gasteiger partial charge in [-0.05, 0) is 37.1 Å². The van der Waals surface area contributed by atoms with Crippen LogP contribution in [0.25, 0.3) is 0 Å². The monoisotopic (exact) mass is 294 g/mol. The molecule has 0 bridgehead atoms. The molecule has 2 saturated heterocycles. The lowest BCUT2D eigenvalue weighted by molar-refractivity contribution is 0.338. The van der Waals surface area contributed by atoms with Crippen molar-refractivity contribution in [1.82, 2.24) is 9.62 Å². The lowest BCUT2D eigenvalue weighted by Gasteiger charge is -2.22. The summed E-state index contributed by atoms with van der Waals surface area (Å²) in [6.07, 6.45) is 5.54. The lowest BCUT2D eigenvalue weighted by Crippen LogP contribution is -2.34. The average Bonchev–Trinajstić information content (AvgIpc) is 2.87. The highest BCUT2D eigenvalue weighted by molar-refractivity contribution is 7.89. The number of nitrogens with one attached hydrogen (secondary N) is 1. The first-order chi connectivity index (χ1) is 8.10. The molecular formula is C12H23ClN2O2S. The number of rotatable bonds is 4. The first-order valence-corrected chi connectivity index (χ1v) is 8.39. The van der Waals surface area contributed by atoms with E-state index in [4.69, 9.17) is 0 Å². The zero-order valence-corrected chi connectivity index (χ0v) is 12.4. The van der Waals surface area contributed by atoms with E-state index in [1.165, 1.54) is 12.8 Å². The van der Waals surface area contributed by atoms with Crippen molar-refractivity contribution < 1.29 is 8.42 Å². The van der Waals surface area contributed by atoms with Crippen LogP contribution in [-0.2, 0) is 10.0 Å². The van der Waals surface area contributed by atoms with Gasteiger partial charge in [0.05, 0.1) is 5.75 Å². The summed E-state index contributed by atoms with van der Waals surface area (Å²) in [5, 5.41) is 3.37. The van der Waals surface area contributed by atoms with Crippen molar-refractivity contribution in [3.63, 3.8) is 0 Å². The van der Waals surface area contributed by atoms with Crippen molar-refractivity contribution in [3.8, 4) is 0 Å². The van der Waals surface area contributed by atoms with Crippen molar-refractivity contribution >= 4 is 22.4 Å². The Morgan fingerprint density at radius 3 is 2.67 bits per heavy atom. The van der Waals surface area contributed by atoms with Crippen molar-refractivity contribution in [3.05, 3.63) is 0 Å². The maximum atomic E-state index is 12.2. The average molecular weight is 295 g/mol. The third kappa shape index (κ3) is 3.00. The molecule has 0 radical (unpaired) electrons. The van der Waals surface area contributed by atoms with Gasteiger partial charge < -0.3 is 5.32 Å². The van der Waals surface area contributed by atoms with Gasteiger partial charge in [-0.1, -0.05) is 12.8 Å². The summed E-state index contributed by atoms with van der Waals surface area (Å²) in [7, 11) is -2.97. The fourth-order valence-corrected chi connectivity index (χ4v) is 4.86. The van der Waals surface area contributed by atoms with Gasteiger partial charge >= 0.3 is 0 Å². The Labute approximate surface area is 116 Å². The molecule has 1 N–H and O–H groups in total. The Morgan fingerprint density at radius 2 is 2.06 bits per heavy atom. The van der Waals surface area contributed by atoms with E-state index in [9.17, 15) is 8.42 Å². The Morgan fingerprint density at radius 1 is 1.28 bits per heavy atom. The molecule has 3 aliphatic rings. The topological polar surface area (TPSA) is 49.4 Å². The Bertz CT molecular complexity index is 389. The second-order valence-electron chi connectivity index (χ2n) is 6.06. The number of halogens is 1. The molecule has 4 nitrogen and oxygen atoms in total. The van der Waals surface area contributed by atoms with E-state index >= 15 is 0 Å². The summed E-state index contributed by atoms with van der Waals surface area (Å²) < 4.78 is 26.2. The smallest absolute Gasteiger partial charge is 0.214 e. The quantitative estimate of drug-likeness (QED) is 0.848. The van der Waals surface area contributed by atoms with Crippen molar-refractivity contribution in [2.45, 2.75) is 32.1 Å². The molecule has 2 aliphatic heterocycles. The van der Waals surface area contributed by atoms with E-state index in [0.29, 0.717) is 11.7 Å². The highest BCUT2D eigenvalue weighted by Crippen LogP contribution is 2.38. The molecule has 0 aromatic heterocycles. The zero-order valence-electron chi connectivity index (χ0n) is 10.7. The van der Waals surface area contributed by atoms with Gasteiger partial charge in [0.15, 0.2) is 0 Å². The van der Waals surface area contributed by atoms with Gasteiger partial charge in [-0.2, -0.15) is 0 Å². The Hall–Kier alpha value is 0.160. The van der Waals surface area contributed by atoms with Gasteiger partial charge in [0.2, 0.25) is 10.0 Å². The first-order valence-electron chi connectivity index (χ1n) is 6.78. The van der Waals surface area contributed by atoms with Crippen LogP contribution in [0.3, 0.4) is 0 Å². The summed E-state index contributed by atoms with van der Waals surface area (Å²) in [6.45, 7) is 3.55. The van der Waals surface area contributed by atoms with E-state index in [-0.39, 0.29) is 17.8 Å². The highest BCUT2D eigenvalue weighted by atomic mass is 35.5. The standard InChI is InChI=1S/C12H22N2O2S.ClH/c15-17(16,8-3-11-1-2-11)14-7-5-12(10-14)4-6-13-9-12;/h11,13H,1-10H2;1H. The van der Waals surface area contributed by atoms with E-state index in [2.05, 4.69) is 5.32 Å². The van der Waals surface area contributed by atoms with Crippen LogP contribution in [0.1, 0.15) is 32.1 Å². The summed E-state index contributed by atoms with van der Waals surface area (Å²) in [5.41, 5.74) is 0.257. The van der Waals surface area contributed by atoms with Crippen molar-refractivity contribution in [2.24, 2.45) is 11.3 Å². The fraction of sp³-hybridized carbons (Fsp3) is 1.00. The summed E-state index contributed by atoms with van der Waals surface area (Å²) in [4.78, 5) is 0. The number of hydrogen-bond acceptors (Lipinski definition) is 3. The van der Waals surface area contributed by atoms with Gasteiger partial charge in [-0.15, -0.1) is 12.4 Å².